The Hall–Kier alpha value is -2.73. The van der Waals surface area contributed by atoms with E-state index in [4.69, 9.17) is 5.11 Å². The number of carboxylic acid groups (broad SMARTS) is 1. The van der Waals surface area contributed by atoms with E-state index in [9.17, 15) is 19.2 Å². The number of benzene rings is 2. The van der Waals surface area contributed by atoms with Crippen LogP contribution in [0.2, 0.25) is 0 Å². The van der Waals surface area contributed by atoms with Crippen molar-refractivity contribution in [3.63, 3.8) is 0 Å². The Morgan fingerprint density at radius 2 is 1.71 bits per heavy atom. The van der Waals surface area contributed by atoms with Crippen LogP contribution >= 0.6 is 0 Å². The molecule has 0 aliphatic rings. The third-order valence-electron chi connectivity index (χ3n) is 2.87. The number of carbonyl (C=O) groups excluding carboxylic acids is 1. The summed E-state index contributed by atoms with van der Waals surface area (Å²) in [5.41, 5.74) is 0.0941. The fourth-order valence-corrected chi connectivity index (χ4v) is 1.79. The molecule has 2 aromatic rings. The highest BCUT2D eigenvalue weighted by molar-refractivity contribution is 5.96. The zero-order valence-electron chi connectivity index (χ0n) is 10.9. The Labute approximate surface area is 119 Å². The van der Waals surface area contributed by atoms with Crippen molar-refractivity contribution in [3.05, 3.63) is 71.0 Å². The van der Waals surface area contributed by atoms with Crippen molar-refractivity contribution in [2.45, 2.75) is 6.54 Å². The number of carboxylic acids is 1. The van der Waals surface area contributed by atoms with E-state index in [-0.39, 0.29) is 23.2 Å². The molecule has 0 unspecified atom stereocenters. The number of hydroxylamine groups is 2. The number of hydrogen-bond acceptors (Lipinski definition) is 3. The second-order valence-corrected chi connectivity index (χ2v) is 4.34. The lowest BCUT2D eigenvalue weighted by Crippen LogP contribution is -2.27. The topological polar surface area (TPSA) is 77.8 Å². The van der Waals surface area contributed by atoms with Crippen molar-refractivity contribution in [2.75, 3.05) is 0 Å². The third-order valence-corrected chi connectivity index (χ3v) is 2.87. The summed E-state index contributed by atoms with van der Waals surface area (Å²) in [6, 6.07) is 11.0. The minimum Gasteiger partial charge on any atom is -0.478 e. The predicted octanol–water partition coefficient (Wildman–Crippen LogP) is 2.56. The zero-order valence-corrected chi connectivity index (χ0v) is 10.9. The minimum atomic E-state index is -1.18. The number of aromatic carboxylic acids is 1. The molecule has 2 aromatic carbocycles. The second kappa shape index (κ2) is 6.15. The molecule has 0 bridgehead atoms. The van der Waals surface area contributed by atoms with Crippen LogP contribution in [0, 0.1) is 5.82 Å². The van der Waals surface area contributed by atoms with E-state index in [2.05, 4.69) is 0 Å². The first-order valence-electron chi connectivity index (χ1n) is 6.06. The molecule has 1 amide bonds. The van der Waals surface area contributed by atoms with Gasteiger partial charge in [0.25, 0.3) is 5.91 Å². The SMILES string of the molecule is O=C(O)c1cccc(C(=O)N(O)Cc2ccccc2F)c1. The molecule has 2 N–H and O–H groups in total. The Bertz CT molecular complexity index is 687. The second-order valence-electron chi connectivity index (χ2n) is 4.34. The van der Waals surface area contributed by atoms with Crippen LogP contribution < -0.4 is 0 Å². The lowest BCUT2D eigenvalue weighted by molar-refractivity contribution is -0.0653. The molecule has 2 rings (SSSR count). The van der Waals surface area contributed by atoms with Crippen LogP contribution in [0.5, 0.6) is 0 Å². The van der Waals surface area contributed by atoms with Crippen LogP contribution in [-0.2, 0) is 6.54 Å². The van der Waals surface area contributed by atoms with Crippen molar-refractivity contribution in [1.29, 1.82) is 0 Å². The molecule has 0 aromatic heterocycles. The van der Waals surface area contributed by atoms with Gasteiger partial charge in [0.1, 0.15) is 5.82 Å². The fraction of sp³-hybridized carbons (Fsp3) is 0.0667. The highest BCUT2D eigenvalue weighted by Crippen LogP contribution is 2.12. The molecule has 0 radical (unpaired) electrons. The van der Waals surface area contributed by atoms with Crippen molar-refractivity contribution < 1.29 is 24.3 Å². The molecule has 5 nitrogen and oxygen atoms in total. The lowest BCUT2D eigenvalue weighted by Gasteiger charge is -2.15. The first-order chi connectivity index (χ1) is 9.99. The summed E-state index contributed by atoms with van der Waals surface area (Å²) < 4.78 is 13.5. The molecule has 0 atom stereocenters. The number of carbonyl (C=O) groups is 2. The van der Waals surface area contributed by atoms with Gasteiger partial charge in [-0.1, -0.05) is 24.3 Å². The molecule has 0 saturated heterocycles. The third kappa shape index (κ3) is 3.43. The molecule has 0 aliphatic heterocycles. The number of halogens is 1. The summed E-state index contributed by atoms with van der Waals surface area (Å²) >= 11 is 0. The highest BCUT2D eigenvalue weighted by atomic mass is 19.1. The van der Waals surface area contributed by atoms with Gasteiger partial charge in [-0.3, -0.25) is 10.0 Å². The number of rotatable bonds is 4. The number of hydrogen-bond donors (Lipinski definition) is 2. The van der Waals surface area contributed by atoms with Crippen molar-refractivity contribution in [2.24, 2.45) is 0 Å². The smallest absolute Gasteiger partial charge is 0.335 e. The Morgan fingerprint density at radius 3 is 2.38 bits per heavy atom. The molecule has 0 spiro atoms. The van der Waals surface area contributed by atoms with Crippen LogP contribution in [0.4, 0.5) is 4.39 Å². The average molecular weight is 289 g/mol. The summed E-state index contributed by atoms with van der Waals surface area (Å²) in [4.78, 5) is 22.8. The summed E-state index contributed by atoms with van der Waals surface area (Å²) in [6.45, 7) is -0.331. The van der Waals surface area contributed by atoms with Gasteiger partial charge in [0.15, 0.2) is 0 Å². The van der Waals surface area contributed by atoms with Gasteiger partial charge in [-0.05, 0) is 24.3 Å². The molecular formula is C15H12FNO4. The zero-order chi connectivity index (χ0) is 15.4. The lowest BCUT2D eigenvalue weighted by atomic mass is 10.1. The fourth-order valence-electron chi connectivity index (χ4n) is 1.79. The van der Waals surface area contributed by atoms with Crippen LogP contribution in [0.25, 0.3) is 0 Å². The summed E-state index contributed by atoms with van der Waals surface area (Å²) in [7, 11) is 0. The summed E-state index contributed by atoms with van der Waals surface area (Å²) in [5.74, 6) is -2.52. The molecule has 6 heteroatoms. The maximum atomic E-state index is 13.5. The predicted molar refractivity (Wildman–Crippen MR) is 71.5 cm³/mol. The Kier molecular flexibility index (Phi) is 4.30. The Morgan fingerprint density at radius 1 is 1.05 bits per heavy atom. The van der Waals surface area contributed by atoms with Gasteiger partial charge >= 0.3 is 5.97 Å². The van der Waals surface area contributed by atoms with E-state index < -0.39 is 17.7 Å². The van der Waals surface area contributed by atoms with Crippen molar-refractivity contribution in [1.82, 2.24) is 5.06 Å². The Balaban J connectivity index is 2.18. The monoisotopic (exact) mass is 289 g/mol. The van der Waals surface area contributed by atoms with Crippen LogP contribution in [-0.4, -0.2) is 27.3 Å². The van der Waals surface area contributed by atoms with Gasteiger partial charge in [0, 0.05) is 11.1 Å². The highest BCUT2D eigenvalue weighted by Gasteiger charge is 2.17. The van der Waals surface area contributed by atoms with E-state index >= 15 is 0 Å². The van der Waals surface area contributed by atoms with Gasteiger partial charge in [-0.15, -0.1) is 0 Å². The van der Waals surface area contributed by atoms with E-state index in [1.165, 1.54) is 36.4 Å². The van der Waals surface area contributed by atoms with Gasteiger partial charge in [0.2, 0.25) is 0 Å². The van der Waals surface area contributed by atoms with Crippen LogP contribution in [0.3, 0.4) is 0 Å². The maximum absolute atomic E-state index is 13.5. The van der Waals surface area contributed by atoms with Crippen LogP contribution in [0.15, 0.2) is 48.5 Å². The minimum absolute atomic E-state index is 0.00809. The largest absolute Gasteiger partial charge is 0.478 e. The number of nitrogens with zero attached hydrogens (tertiary/aromatic N) is 1. The summed E-state index contributed by atoms with van der Waals surface area (Å²) in [6.07, 6.45) is 0. The molecule has 0 aliphatic carbocycles. The quantitative estimate of drug-likeness (QED) is 0.670. The van der Waals surface area contributed by atoms with E-state index in [1.54, 1.807) is 6.07 Å². The molecule has 108 valence electrons. The van der Waals surface area contributed by atoms with Gasteiger partial charge < -0.3 is 5.11 Å². The normalized spacial score (nSPS) is 10.2. The maximum Gasteiger partial charge on any atom is 0.335 e. The molecule has 0 heterocycles. The average Bonchev–Trinajstić information content (AvgIpc) is 2.49. The van der Waals surface area contributed by atoms with Gasteiger partial charge in [0.05, 0.1) is 12.1 Å². The van der Waals surface area contributed by atoms with Gasteiger partial charge in [-0.25, -0.2) is 14.2 Å². The van der Waals surface area contributed by atoms with Crippen molar-refractivity contribution >= 4 is 11.9 Å². The van der Waals surface area contributed by atoms with Gasteiger partial charge in [-0.2, -0.15) is 0 Å². The molecule has 0 saturated carbocycles. The first-order valence-corrected chi connectivity index (χ1v) is 6.06. The first kappa shape index (κ1) is 14.7. The van der Waals surface area contributed by atoms with Crippen LogP contribution in [0.1, 0.15) is 26.3 Å². The van der Waals surface area contributed by atoms with E-state index in [0.717, 1.165) is 6.07 Å². The van der Waals surface area contributed by atoms with E-state index in [1.807, 2.05) is 0 Å². The summed E-state index contributed by atoms with van der Waals surface area (Å²) in [5, 5.41) is 19.0. The molecular weight excluding hydrogens is 277 g/mol. The molecule has 0 fully saturated rings. The van der Waals surface area contributed by atoms with E-state index in [0.29, 0.717) is 5.06 Å². The molecule has 21 heavy (non-hydrogen) atoms. The standard InChI is InChI=1S/C15H12FNO4/c16-13-7-2-1-4-12(13)9-17(21)14(18)10-5-3-6-11(8-10)15(19)20/h1-8,21H,9H2,(H,19,20). The van der Waals surface area contributed by atoms with Crippen molar-refractivity contribution in [3.8, 4) is 0 Å². The number of amides is 1.